The molecule has 1 saturated heterocycles. The number of nitrogens with one attached hydrogen (secondary N) is 1. The van der Waals surface area contributed by atoms with Gasteiger partial charge in [-0.05, 0) is 45.7 Å². The number of aryl methyl sites for hydroxylation is 1. The van der Waals surface area contributed by atoms with Crippen LogP contribution in [0.5, 0.6) is 0 Å². The van der Waals surface area contributed by atoms with Gasteiger partial charge in [-0.3, -0.25) is 19.6 Å². The first kappa shape index (κ1) is 22.9. The van der Waals surface area contributed by atoms with Crippen LogP contribution in [0.2, 0.25) is 0 Å². The SMILES string of the molecule is CCn1ncc(C(C)NC(=O)C2CCN(S(=O)(=O)c3ccc([N+](=O)[O-])cc3)CC2)c1C. The minimum absolute atomic E-state index is 0.0121. The summed E-state index contributed by atoms with van der Waals surface area (Å²) in [6.45, 7) is 7.09. The number of sulfonamides is 1. The molecule has 1 atom stereocenters. The fraction of sp³-hybridized carbons (Fsp3) is 0.500. The molecule has 11 heteroatoms. The molecule has 0 spiro atoms. The molecule has 2 heterocycles. The Hall–Kier alpha value is -2.79. The Bertz CT molecular complexity index is 1060. The minimum Gasteiger partial charge on any atom is -0.349 e. The average Bonchev–Trinajstić information content (AvgIpc) is 3.14. The molecule has 0 saturated carbocycles. The lowest BCUT2D eigenvalue weighted by Crippen LogP contribution is -2.43. The number of hydrogen-bond donors (Lipinski definition) is 1. The van der Waals surface area contributed by atoms with E-state index in [0.29, 0.717) is 12.8 Å². The van der Waals surface area contributed by atoms with Gasteiger partial charge in [0.25, 0.3) is 5.69 Å². The van der Waals surface area contributed by atoms with Crippen LogP contribution in [0, 0.1) is 23.0 Å². The first-order chi connectivity index (χ1) is 14.6. The van der Waals surface area contributed by atoms with Crippen molar-refractivity contribution in [1.82, 2.24) is 19.4 Å². The van der Waals surface area contributed by atoms with E-state index in [9.17, 15) is 23.3 Å². The van der Waals surface area contributed by atoms with Crippen LogP contribution in [-0.4, -0.2) is 46.4 Å². The van der Waals surface area contributed by atoms with E-state index in [-0.39, 0.29) is 41.5 Å². The van der Waals surface area contributed by atoms with Crippen molar-refractivity contribution in [2.75, 3.05) is 13.1 Å². The van der Waals surface area contributed by atoms with Gasteiger partial charge in [0.15, 0.2) is 0 Å². The van der Waals surface area contributed by atoms with Crippen LogP contribution in [0.15, 0.2) is 35.4 Å². The van der Waals surface area contributed by atoms with Crippen LogP contribution >= 0.6 is 0 Å². The van der Waals surface area contributed by atoms with Gasteiger partial charge >= 0.3 is 0 Å². The Morgan fingerprint density at radius 1 is 1.29 bits per heavy atom. The minimum atomic E-state index is -3.76. The van der Waals surface area contributed by atoms with Gasteiger partial charge < -0.3 is 5.32 Å². The maximum atomic E-state index is 12.8. The highest BCUT2D eigenvalue weighted by Gasteiger charge is 2.33. The lowest BCUT2D eigenvalue weighted by Gasteiger charge is -2.31. The van der Waals surface area contributed by atoms with E-state index in [4.69, 9.17) is 0 Å². The zero-order valence-corrected chi connectivity index (χ0v) is 18.6. The molecule has 1 N–H and O–H groups in total. The Kier molecular flexibility index (Phi) is 6.75. The third-order valence-electron chi connectivity index (χ3n) is 5.78. The van der Waals surface area contributed by atoms with Crippen LogP contribution in [-0.2, 0) is 21.4 Å². The molecular weight excluding hydrogens is 422 g/mol. The van der Waals surface area contributed by atoms with Gasteiger partial charge in [0, 0.05) is 48.9 Å². The Morgan fingerprint density at radius 2 is 1.90 bits per heavy atom. The van der Waals surface area contributed by atoms with Crippen LogP contribution in [0.25, 0.3) is 0 Å². The number of piperidine rings is 1. The molecule has 3 rings (SSSR count). The fourth-order valence-corrected chi connectivity index (χ4v) is 5.33. The van der Waals surface area contributed by atoms with Crippen LogP contribution < -0.4 is 5.32 Å². The van der Waals surface area contributed by atoms with Crippen molar-refractivity contribution in [2.24, 2.45) is 5.92 Å². The van der Waals surface area contributed by atoms with Gasteiger partial charge in [0.1, 0.15) is 0 Å². The summed E-state index contributed by atoms with van der Waals surface area (Å²) in [6.07, 6.45) is 2.60. The predicted molar refractivity (Wildman–Crippen MR) is 114 cm³/mol. The smallest absolute Gasteiger partial charge is 0.269 e. The summed E-state index contributed by atoms with van der Waals surface area (Å²) < 4.78 is 28.8. The third kappa shape index (κ3) is 4.77. The van der Waals surface area contributed by atoms with Crippen molar-refractivity contribution in [1.29, 1.82) is 0 Å². The molecule has 0 aliphatic carbocycles. The first-order valence-corrected chi connectivity index (χ1v) is 11.7. The summed E-state index contributed by atoms with van der Waals surface area (Å²) in [5, 5.41) is 18.1. The van der Waals surface area contributed by atoms with Crippen LogP contribution in [0.1, 0.15) is 44.0 Å². The van der Waals surface area contributed by atoms with E-state index in [1.54, 1.807) is 6.20 Å². The van der Waals surface area contributed by atoms with Crippen LogP contribution in [0.4, 0.5) is 5.69 Å². The molecule has 1 aromatic heterocycles. The lowest BCUT2D eigenvalue weighted by molar-refractivity contribution is -0.384. The highest BCUT2D eigenvalue weighted by molar-refractivity contribution is 7.89. The molecule has 1 aliphatic rings. The summed E-state index contributed by atoms with van der Waals surface area (Å²) in [5.74, 6) is -0.365. The number of nitrogens with zero attached hydrogens (tertiary/aromatic N) is 4. The van der Waals surface area contributed by atoms with Gasteiger partial charge in [-0.2, -0.15) is 9.40 Å². The second-order valence-electron chi connectivity index (χ2n) is 7.66. The number of rotatable bonds is 7. The number of carbonyl (C=O) groups excluding carboxylic acids is 1. The Morgan fingerprint density at radius 3 is 2.42 bits per heavy atom. The summed E-state index contributed by atoms with van der Waals surface area (Å²) >= 11 is 0. The van der Waals surface area contributed by atoms with Crippen molar-refractivity contribution in [3.63, 3.8) is 0 Å². The van der Waals surface area contributed by atoms with E-state index in [1.165, 1.54) is 28.6 Å². The number of aromatic nitrogens is 2. The molecule has 2 aromatic rings. The normalized spacial score (nSPS) is 16.7. The van der Waals surface area contributed by atoms with Gasteiger partial charge in [-0.15, -0.1) is 0 Å². The predicted octanol–water partition coefficient (Wildman–Crippen LogP) is 2.40. The van der Waals surface area contributed by atoms with Gasteiger partial charge in [-0.1, -0.05) is 0 Å². The second kappa shape index (κ2) is 9.15. The van der Waals surface area contributed by atoms with Crippen molar-refractivity contribution >= 4 is 21.6 Å². The standard InChI is InChI=1S/C20H27N5O5S/c1-4-24-15(3)19(13-21-24)14(2)22-20(26)16-9-11-23(12-10-16)31(29,30)18-7-5-17(6-8-18)25(27)28/h5-8,13-14,16H,4,9-12H2,1-3H3,(H,22,26). The summed E-state index contributed by atoms with van der Waals surface area (Å²) in [4.78, 5) is 22.9. The molecule has 10 nitrogen and oxygen atoms in total. The number of non-ortho nitro benzene ring substituents is 1. The van der Waals surface area contributed by atoms with Gasteiger partial charge in [0.05, 0.1) is 22.1 Å². The van der Waals surface area contributed by atoms with Gasteiger partial charge in [0.2, 0.25) is 15.9 Å². The molecule has 31 heavy (non-hydrogen) atoms. The molecule has 1 aromatic carbocycles. The van der Waals surface area contributed by atoms with Crippen molar-refractivity contribution < 1.29 is 18.1 Å². The van der Waals surface area contributed by atoms with E-state index in [0.717, 1.165) is 17.8 Å². The largest absolute Gasteiger partial charge is 0.349 e. The first-order valence-electron chi connectivity index (χ1n) is 10.2. The third-order valence-corrected chi connectivity index (χ3v) is 7.69. The monoisotopic (exact) mass is 449 g/mol. The summed E-state index contributed by atoms with van der Waals surface area (Å²) in [5.41, 5.74) is 1.82. The van der Waals surface area contributed by atoms with E-state index >= 15 is 0 Å². The number of benzene rings is 1. The average molecular weight is 450 g/mol. The molecule has 1 fully saturated rings. The molecular formula is C20H27N5O5S. The lowest BCUT2D eigenvalue weighted by atomic mass is 9.96. The number of nitro groups is 1. The maximum Gasteiger partial charge on any atom is 0.269 e. The Labute approximate surface area is 181 Å². The molecule has 0 radical (unpaired) electrons. The van der Waals surface area contributed by atoms with Crippen molar-refractivity contribution in [3.8, 4) is 0 Å². The molecule has 1 aliphatic heterocycles. The number of hydrogen-bond acceptors (Lipinski definition) is 6. The molecule has 0 bridgehead atoms. The van der Waals surface area contributed by atoms with Crippen molar-refractivity contribution in [3.05, 3.63) is 51.8 Å². The van der Waals surface area contributed by atoms with Crippen molar-refractivity contribution in [2.45, 2.75) is 51.1 Å². The zero-order chi connectivity index (χ0) is 22.8. The van der Waals surface area contributed by atoms with E-state index < -0.39 is 14.9 Å². The van der Waals surface area contributed by atoms with Gasteiger partial charge in [-0.25, -0.2) is 8.42 Å². The number of nitro benzene ring substituents is 1. The second-order valence-corrected chi connectivity index (χ2v) is 9.60. The van der Waals surface area contributed by atoms with E-state index in [2.05, 4.69) is 10.4 Å². The fourth-order valence-electron chi connectivity index (χ4n) is 3.86. The summed E-state index contributed by atoms with van der Waals surface area (Å²) in [7, 11) is -3.76. The number of amides is 1. The highest BCUT2D eigenvalue weighted by Crippen LogP contribution is 2.26. The quantitative estimate of drug-likeness (QED) is 0.511. The molecule has 1 unspecified atom stereocenters. The topological polar surface area (TPSA) is 127 Å². The Balaban J connectivity index is 1.59. The number of carbonyl (C=O) groups is 1. The van der Waals surface area contributed by atoms with Crippen LogP contribution in [0.3, 0.4) is 0 Å². The highest BCUT2D eigenvalue weighted by atomic mass is 32.2. The molecule has 1 amide bonds. The van der Waals surface area contributed by atoms with E-state index in [1.807, 2.05) is 25.5 Å². The maximum absolute atomic E-state index is 12.8. The summed E-state index contributed by atoms with van der Waals surface area (Å²) in [6, 6.07) is 4.66. The molecule has 168 valence electrons. The zero-order valence-electron chi connectivity index (χ0n) is 17.8.